The van der Waals surface area contributed by atoms with Crippen molar-refractivity contribution < 1.29 is 32.7 Å². The molecule has 4 aliphatic rings. The highest BCUT2D eigenvalue weighted by atomic mass is 28.4. The maximum atomic E-state index is 12.4. The summed E-state index contributed by atoms with van der Waals surface area (Å²) >= 11 is 0. The first-order chi connectivity index (χ1) is 23.4. The molecule has 2 heterocycles. The number of carbonyl (C=O) groups excluding carboxylic acids is 2. The summed E-state index contributed by atoms with van der Waals surface area (Å²) in [6, 6.07) is 0. The summed E-state index contributed by atoms with van der Waals surface area (Å²) < 4.78 is 28.8. The Bertz CT molecular complexity index is 1300. The van der Waals surface area contributed by atoms with E-state index in [0.717, 1.165) is 44.6 Å². The number of aliphatic imine (C=N–C) groups is 2. The van der Waals surface area contributed by atoms with Crippen molar-refractivity contribution in [1.29, 1.82) is 0 Å². The topological polar surface area (TPSA) is 105 Å². The first-order valence-electron chi connectivity index (χ1n) is 19.3. The summed E-state index contributed by atoms with van der Waals surface area (Å²) in [4.78, 5) is 33.2. The first kappa shape index (κ1) is 46.3. The maximum absolute atomic E-state index is 12.4. The van der Waals surface area contributed by atoms with E-state index >= 15 is 0 Å². The summed E-state index contributed by atoms with van der Waals surface area (Å²) in [6.07, 6.45) is 14.3. The van der Waals surface area contributed by atoms with Gasteiger partial charge < -0.3 is 23.1 Å². The number of esters is 2. The third kappa shape index (κ3) is 14.1. The van der Waals surface area contributed by atoms with Gasteiger partial charge in [-0.2, -0.15) is 0 Å². The summed E-state index contributed by atoms with van der Waals surface area (Å²) in [6.45, 7) is 36.3. The molecule has 0 aromatic rings. The van der Waals surface area contributed by atoms with E-state index in [9.17, 15) is 9.59 Å². The molecule has 2 saturated carbocycles. The lowest BCUT2D eigenvalue weighted by atomic mass is 9.62. The molecule has 2 aliphatic carbocycles. The van der Waals surface area contributed by atoms with Crippen molar-refractivity contribution in [2.24, 2.45) is 20.8 Å². The fraction of sp³-hybridized carbons (Fsp3) is 0.854. The fourth-order valence-electron chi connectivity index (χ4n) is 6.14. The van der Waals surface area contributed by atoms with Crippen LogP contribution in [-0.4, -0.2) is 83.8 Å². The Labute approximate surface area is 319 Å². The van der Waals surface area contributed by atoms with Crippen molar-refractivity contribution >= 4 is 40.5 Å². The minimum absolute atomic E-state index is 0.165. The van der Waals surface area contributed by atoms with E-state index in [1.807, 2.05) is 47.8 Å². The number of nitrogens with zero attached hydrogens (tertiary/aromatic N) is 2. The molecular formula is C41H74N2O7Si2. The Kier molecular flexibility index (Phi) is 15.4. The van der Waals surface area contributed by atoms with Crippen LogP contribution in [0.15, 0.2) is 9.98 Å². The van der Waals surface area contributed by atoms with Gasteiger partial charge in [0.25, 0.3) is 0 Å². The van der Waals surface area contributed by atoms with Gasteiger partial charge in [-0.1, -0.05) is 47.5 Å². The largest absolute Gasteiger partial charge is 0.460 e. The third-order valence-electron chi connectivity index (χ3n) is 11.0. The molecule has 0 atom stereocenters. The van der Waals surface area contributed by atoms with Crippen molar-refractivity contribution in [2.45, 2.75) is 194 Å². The molecule has 0 spiro atoms. The van der Waals surface area contributed by atoms with Gasteiger partial charge in [0.05, 0.1) is 18.6 Å². The van der Waals surface area contributed by atoms with Crippen molar-refractivity contribution in [1.82, 2.24) is 0 Å². The molecule has 9 nitrogen and oxygen atoms in total. The predicted octanol–water partition coefficient (Wildman–Crippen LogP) is 9.69. The van der Waals surface area contributed by atoms with Crippen molar-refractivity contribution in [3.05, 3.63) is 0 Å². The van der Waals surface area contributed by atoms with E-state index in [0.29, 0.717) is 13.1 Å². The highest BCUT2D eigenvalue weighted by molar-refractivity contribution is 6.74. The first-order valence-corrected chi connectivity index (χ1v) is 25.2. The molecule has 0 aromatic heterocycles. The zero-order valence-corrected chi connectivity index (χ0v) is 37.8. The molecule has 4 rings (SSSR count). The normalized spacial score (nSPS) is 26.3. The molecule has 52 heavy (non-hydrogen) atoms. The molecule has 2 aliphatic heterocycles. The van der Waals surface area contributed by atoms with E-state index in [4.69, 9.17) is 29.5 Å². The van der Waals surface area contributed by atoms with Gasteiger partial charge >= 0.3 is 11.9 Å². The molecule has 298 valence electrons. The van der Waals surface area contributed by atoms with Crippen molar-refractivity contribution in [3.8, 4) is 12.3 Å². The fourth-order valence-corrected chi connectivity index (χ4v) is 8.85. The molecule has 0 N–H and O–H groups in total. The number of ether oxygens (including phenoxy) is 3. The van der Waals surface area contributed by atoms with Crippen LogP contribution in [0.1, 0.15) is 134 Å². The molecule has 1 saturated heterocycles. The summed E-state index contributed by atoms with van der Waals surface area (Å²) in [5.74, 6) is 2.44. The predicted molar refractivity (Wildman–Crippen MR) is 218 cm³/mol. The number of rotatable bonds is 9. The van der Waals surface area contributed by atoms with Gasteiger partial charge in [0.1, 0.15) is 17.9 Å². The van der Waals surface area contributed by atoms with Crippen LogP contribution in [0.2, 0.25) is 36.3 Å². The zero-order chi connectivity index (χ0) is 40.0. The van der Waals surface area contributed by atoms with Gasteiger partial charge in [0.15, 0.2) is 16.6 Å². The molecule has 0 bridgehead atoms. The second-order valence-electron chi connectivity index (χ2n) is 20.4. The van der Waals surface area contributed by atoms with E-state index in [2.05, 4.69) is 83.6 Å². The number of hydrogen-bond donors (Lipinski definition) is 0. The Hall–Kier alpha value is -1.85. The molecule has 0 aromatic carbocycles. The average molecular weight is 763 g/mol. The van der Waals surface area contributed by atoms with Crippen LogP contribution < -0.4 is 0 Å². The molecule has 3 fully saturated rings. The van der Waals surface area contributed by atoms with E-state index in [-0.39, 0.29) is 51.5 Å². The zero-order valence-electron chi connectivity index (χ0n) is 35.8. The lowest BCUT2D eigenvalue weighted by Crippen LogP contribution is -2.54. The highest BCUT2D eigenvalue weighted by Gasteiger charge is 2.53. The smallest absolute Gasteiger partial charge is 0.307 e. The molecular weight excluding hydrogens is 689 g/mol. The summed E-state index contributed by atoms with van der Waals surface area (Å²) in [7, 11) is -3.58. The number of carbonyl (C=O) groups is 2. The third-order valence-corrected chi connectivity index (χ3v) is 20.1. The molecule has 0 radical (unpaired) electrons. The maximum Gasteiger partial charge on any atom is 0.307 e. The van der Waals surface area contributed by atoms with Crippen LogP contribution in [0.25, 0.3) is 0 Å². The Morgan fingerprint density at radius 2 is 1.19 bits per heavy atom. The van der Waals surface area contributed by atoms with Crippen LogP contribution in [-0.2, 0) is 32.7 Å². The minimum Gasteiger partial charge on any atom is -0.460 e. The molecule has 0 amide bonds. The van der Waals surface area contributed by atoms with Crippen LogP contribution in [0.4, 0.5) is 0 Å². The van der Waals surface area contributed by atoms with Gasteiger partial charge in [-0.15, -0.1) is 6.42 Å². The Morgan fingerprint density at radius 3 is 1.52 bits per heavy atom. The van der Waals surface area contributed by atoms with Crippen LogP contribution in [0, 0.1) is 23.2 Å². The van der Waals surface area contributed by atoms with Crippen LogP contribution in [0.3, 0.4) is 0 Å². The highest BCUT2D eigenvalue weighted by Crippen LogP contribution is 2.51. The van der Waals surface area contributed by atoms with Gasteiger partial charge in [0, 0.05) is 42.5 Å². The molecule has 11 heteroatoms. The van der Waals surface area contributed by atoms with Gasteiger partial charge in [-0.25, -0.2) is 0 Å². The van der Waals surface area contributed by atoms with Crippen LogP contribution in [0.5, 0.6) is 0 Å². The van der Waals surface area contributed by atoms with E-state index in [1.54, 1.807) is 0 Å². The SMILES string of the molecule is C#CC1(CC(=O)OC(C)(C)C)CC(O[Si](C)(C)C(C)(C)C)C1.C1CCOC1.CC(C)(C)OC(=O)CC1(C2=NCN=C2)CC(O[Si](C)(C)C(C)(C)C)C1. The molecule has 0 unspecified atom stereocenters. The van der Waals surface area contributed by atoms with Gasteiger partial charge in [0.2, 0.25) is 0 Å². The quantitative estimate of drug-likeness (QED) is 0.131. The lowest BCUT2D eigenvalue weighted by molar-refractivity contribution is -0.160. The standard InChI is InChI=1S/C19H34N2O3Si.C18H32O3Si.C4H8O/c1-17(2,3)23-16(22)11-19(15-12-20-13-21-15)9-14(10-19)24-25(7,8)18(4,5)6;1-10-18(13-15(19)20-16(2,3)4)11-14(12-18)21-22(8,9)17(5,6)7;1-2-4-5-3-1/h12,14H,9-11,13H2,1-8H3;1,14H,11-13H2,2-9H3;1-4H2. The van der Waals surface area contributed by atoms with Crippen molar-refractivity contribution in [3.63, 3.8) is 0 Å². The average Bonchev–Trinajstić information content (AvgIpc) is 3.65. The Morgan fingerprint density at radius 1 is 0.769 bits per heavy atom. The minimum atomic E-state index is -1.81. The van der Waals surface area contributed by atoms with Crippen molar-refractivity contribution in [2.75, 3.05) is 19.9 Å². The lowest BCUT2D eigenvalue weighted by Gasteiger charge is -2.51. The van der Waals surface area contributed by atoms with E-state index in [1.165, 1.54) is 12.8 Å². The summed E-state index contributed by atoms with van der Waals surface area (Å²) in [5.41, 5.74) is -0.642. The Balaban J connectivity index is 0.000000318. The summed E-state index contributed by atoms with van der Waals surface area (Å²) in [5, 5.41) is 0.370. The van der Waals surface area contributed by atoms with Gasteiger partial charge in [-0.05, 0) is 116 Å². The van der Waals surface area contributed by atoms with E-state index < -0.39 is 27.8 Å². The number of terminal acetylenes is 1. The van der Waals surface area contributed by atoms with Crippen LogP contribution >= 0.6 is 0 Å². The van der Waals surface area contributed by atoms with Gasteiger partial charge in [-0.3, -0.25) is 19.6 Å². The second-order valence-corrected chi connectivity index (χ2v) is 29.9. The monoisotopic (exact) mass is 763 g/mol. The second kappa shape index (κ2) is 17.3. The number of hydrogen-bond acceptors (Lipinski definition) is 9.